The smallest absolute Gasteiger partial charge is 0.164 e. The van der Waals surface area contributed by atoms with Gasteiger partial charge in [-0.05, 0) is 160 Å². The summed E-state index contributed by atoms with van der Waals surface area (Å²) in [5, 5.41) is 15.2. The zero-order valence-corrected chi connectivity index (χ0v) is 69.7. The number of nitriles is 1. The highest BCUT2D eigenvalue weighted by Crippen LogP contribution is 2.47. The van der Waals surface area contributed by atoms with E-state index in [1.807, 2.05) is 255 Å². The van der Waals surface area contributed by atoms with E-state index in [1.54, 1.807) is 0 Å². The van der Waals surface area contributed by atoms with Crippen LogP contribution in [0.2, 0.25) is 0 Å². The molecule has 130 heavy (non-hydrogen) atoms. The van der Waals surface area contributed by atoms with E-state index in [9.17, 15) is 5.26 Å². The van der Waals surface area contributed by atoms with Crippen molar-refractivity contribution >= 4 is 43.6 Å². The van der Waals surface area contributed by atoms with Crippen molar-refractivity contribution in [3.63, 3.8) is 0 Å². The molecule has 0 aliphatic rings. The third-order valence-corrected chi connectivity index (χ3v) is 23.7. The Bertz CT molecular complexity index is 7650. The lowest BCUT2D eigenvalue weighted by Gasteiger charge is -2.19. The van der Waals surface area contributed by atoms with E-state index < -0.39 is 0 Å². The van der Waals surface area contributed by atoms with E-state index in [0.717, 1.165) is 155 Å². The third-order valence-electron chi connectivity index (χ3n) is 23.7. The van der Waals surface area contributed by atoms with Crippen LogP contribution in [0.15, 0.2) is 431 Å². The molecule has 23 rings (SSSR count). The third kappa shape index (κ3) is 14.7. The highest BCUT2D eigenvalue weighted by molar-refractivity contribution is 6.14. The first-order chi connectivity index (χ1) is 64.3. The Morgan fingerprint density at radius 1 is 0.162 bits per heavy atom. The molecule has 0 saturated carbocycles. The van der Waals surface area contributed by atoms with Gasteiger partial charge in [-0.15, -0.1) is 0 Å². The predicted molar refractivity (Wildman–Crippen MR) is 520 cm³/mol. The average molecular weight is 1660 g/mol. The minimum Gasteiger partial charge on any atom is -0.309 e. The molecular weight excluding hydrogens is 1590 g/mol. The molecule has 0 bridgehead atoms. The van der Waals surface area contributed by atoms with Crippen molar-refractivity contribution in [2.24, 2.45) is 0 Å². The highest BCUT2D eigenvalue weighted by atomic mass is 15.1. The monoisotopic (exact) mass is 1660 g/mol. The maximum atomic E-state index is 11.5. The molecule has 0 radical (unpaired) electrons. The van der Waals surface area contributed by atoms with Crippen LogP contribution in [0.25, 0.3) is 236 Å². The first-order valence-electron chi connectivity index (χ1n) is 42.9. The van der Waals surface area contributed by atoms with Gasteiger partial charge in [0.15, 0.2) is 69.9 Å². The zero-order chi connectivity index (χ0) is 86.4. The molecule has 0 spiro atoms. The molecule has 6 heterocycles. The molecule has 15 nitrogen and oxygen atoms in total. The molecule has 0 unspecified atom stereocenters. The van der Waals surface area contributed by atoms with Gasteiger partial charge in [0.05, 0.1) is 39.4 Å². The molecule has 15 heteroatoms. The van der Waals surface area contributed by atoms with Crippen molar-refractivity contribution in [2.45, 2.75) is 0 Å². The van der Waals surface area contributed by atoms with Crippen molar-refractivity contribution in [2.75, 3.05) is 0 Å². The average Bonchev–Trinajstić information content (AvgIpc) is 1.57. The Labute approximate surface area is 747 Å². The van der Waals surface area contributed by atoms with Gasteiger partial charge in [-0.25, -0.2) is 59.8 Å². The summed E-state index contributed by atoms with van der Waals surface area (Å²) < 4.78 is 4.64. The molecule has 17 aromatic carbocycles. The molecule has 23 aromatic rings. The van der Waals surface area contributed by atoms with Crippen LogP contribution in [0.5, 0.6) is 0 Å². The van der Waals surface area contributed by atoms with Crippen LogP contribution in [0.1, 0.15) is 5.56 Å². The molecule has 606 valence electrons. The zero-order valence-electron chi connectivity index (χ0n) is 69.7. The maximum absolute atomic E-state index is 11.5. The highest BCUT2D eigenvalue weighted by Gasteiger charge is 2.27. The summed E-state index contributed by atoms with van der Waals surface area (Å²) in [6, 6.07) is 150. The lowest BCUT2D eigenvalue weighted by atomic mass is 9.93. The van der Waals surface area contributed by atoms with Gasteiger partial charge in [0.1, 0.15) is 0 Å². The summed E-state index contributed by atoms with van der Waals surface area (Å²) in [5.74, 6) is 6.13. The molecule has 0 aliphatic heterocycles. The molecular formula is C115H71N15. The summed E-state index contributed by atoms with van der Waals surface area (Å²) in [6.07, 6.45) is 0. The van der Waals surface area contributed by atoms with Crippen LogP contribution in [0.4, 0.5) is 0 Å². The number of aromatic nitrogens is 14. The predicted octanol–water partition coefficient (Wildman–Crippen LogP) is 27.2. The second-order valence-electron chi connectivity index (χ2n) is 31.9. The summed E-state index contributed by atoms with van der Waals surface area (Å²) >= 11 is 0. The Balaban J connectivity index is 0.788. The van der Waals surface area contributed by atoms with Crippen molar-refractivity contribution in [1.82, 2.24) is 68.9 Å². The van der Waals surface area contributed by atoms with E-state index in [-0.39, 0.29) is 0 Å². The second kappa shape index (κ2) is 33.2. The van der Waals surface area contributed by atoms with Crippen molar-refractivity contribution in [3.8, 4) is 199 Å². The topological polar surface area (TPSA) is 188 Å². The fraction of sp³-hybridized carbons (Fsp3) is 0. The molecule has 6 aromatic heterocycles. The van der Waals surface area contributed by atoms with Crippen molar-refractivity contribution < 1.29 is 0 Å². The van der Waals surface area contributed by atoms with Crippen LogP contribution >= 0.6 is 0 Å². The van der Waals surface area contributed by atoms with Crippen molar-refractivity contribution in [1.29, 1.82) is 5.26 Å². The summed E-state index contributed by atoms with van der Waals surface area (Å²) in [7, 11) is 0. The Hall–Kier alpha value is -18.1. The summed E-state index contributed by atoms with van der Waals surface area (Å²) in [4.78, 5) is 63.5. The van der Waals surface area contributed by atoms with Gasteiger partial charge < -0.3 is 9.13 Å². The van der Waals surface area contributed by atoms with E-state index in [0.29, 0.717) is 86.6 Å². The van der Waals surface area contributed by atoms with Gasteiger partial charge in [0, 0.05) is 99.6 Å². The fourth-order valence-corrected chi connectivity index (χ4v) is 17.4. The van der Waals surface area contributed by atoms with Gasteiger partial charge in [-0.2, -0.15) is 5.26 Å². The lowest BCUT2D eigenvalue weighted by molar-refractivity contribution is 1.07. The number of benzene rings is 17. The number of nitrogens with zero attached hydrogens (tertiary/aromatic N) is 15. The quantitative estimate of drug-likeness (QED) is 0.0790. The normalized spacial score (nSPS) is 11.4. The van der Waals surface area contributed by atoms with Crippen LogP contribution in [0, 0.1) is 11.3 Å². The van der Waals surface area contributed by atoms with Gasteiger partial charge in [-0.3, -0.25) is 0 Å². The molecule has 0 fully saturated rings. The van der Waals surface area contributed by atoms with E-state index in [2.05, 4.69) is 191 Å². The molecule has 0 aliphatic carbocycles. The standard InChI is InChI=1S/C115H71N15/c116-72-73-51-58-101(130-102-59-52-84(90-65-88(74-31-11-1-12-32-74)64-89(66-90)75-33-13-2-14-34-75)67-95(102)98-70-87(55-62-103(98)130)114-125-108(80-43-23-7-24-44-80)119-109(126-114)81-45-25-8-26-46-81)94(63-73)93-71-91(56-57-92(93)115-127-110(82-47-27-9-28-48-82)120-111(128-115)83-49-29-10-30-50-83)129-99-60-53-85(112-121-104(76-35-15-3-16-36-76)117-105(122-112)77-37-17-4-18-38-77)68-96(99)97-69-86(54-61-100(97)129)113-123-106(78-39-19-5-20-40-78)118-107(124-113)79-41-21-6-22-42-79/h1-71H. The Morgan fingerprint density at radius 3 is 0.700 bits per heavy atom. The first kappa shape index (κ1) is 76.7. The Kier molecular flexibility index (Phi) is 19.6. The molecule has 0 N–H and O–H groups in total. The Morgan fingerprint density at radius 2 is 0.408 bits per heavy atom. The van der Waals surface area contributed by atoms with Gasteiger partial charge in [-0.1, -0.05) is 309 Å². The molecule has 0 saturated heterocycles. The maximum Gasteiger partial charge on any atom is 0.164 e. The van der Waals surface area contributed by atoms with Crippen LogP contribution in [-0.2, 0) is 0 Å². The SMILES string of the molecule is N#Cc1ccc(-n2c3ccc(-c4cc(-c5ccccc5)cc(-c5ccccc5)c4)cc3c3cc(-c4nc(-c5ccccc5)nc(-c5ccccc5)n4)ccc32)c(-c2cc(-n3c4ccc(-c5nc(-c6ccccc6)nc(-c6ccccc6)n5)cc4c4cc(-c5nc(-c6ccccc6)nc(-c6ccccc6)n5)ccc43)ccc2-c2nc(-c3ccccc3)nc(-c3ccccc3)n2)c1. The minimum atomic E-state index is 0.412. The molecule has 0 amide bonds. The van der Waals surface area contributed by atoms with E-state index in [4.69, 9.17) is 59.8 Å². The van der Waals surface area contributed by atoms with Crippen LogP contribution < -0.4 is 0 Å². The van der Waals surface area contributed by atoms with E-state index >= 15 is 0 Å². The largest absolute Gasteiger partial charge is 0.309 e. The summed E-state index contributed by atoms with van der Waals surface area (Å²) in [6.45, 7) is 0. The van der Waals surface area contributed by atoms with Crippen molar-refractivity contribution in [3.05, 3.63) is 436 Å². The van der Waals surface area contributed by atoms with E-state index in [1.165, 1.54) is 0 Å². The lowest BCUT2D eigenvalue weighted by Crippen LogP contribution is -2.04. The van der Waals surface area contributed by atoms with Gasteiger partial charge >= 0.3 is 0 Å². The van der Waals surface area contributed by atoms with Crippen LogP contribution in [-0.4, -0.2) is 68.9 Å². The number of hydrogen-bond donors (Lipinski definition) is 0. The minimum absolute atomic E-state index is 0.412. The summed E-state index contributed by atoms with van der Waals surface area (Å²) in [5.41, 5.74) is 23.1. The molecule has 0 atom stereocenters. The fourth-order valence-electron chi connectivity index (χ4n) is 17.4. The first-order valence-corrected chi connectivity index (χ1v) is 42.9. The van der Waals surface area contributed by atoms with Crippen LogP contribution in [0.3, 0.4) is 0 Å². The van der Waals surface area contributed by atoms with Gasteiger partial charge in [0.2, 0.25) is 0 Å². The van der Waals surface area contributed by atoms with Gasteiger partial charge in [0.25, 0.3) is 0 Å². The number of hydrogen-bond acceptors (Lipinski definition) is 13. The number of fused-ring (bicyclic) bond motifs is 6. The second-order valence-corrected chi connectivity index (χ2v) is 31.9. The number of rotatable bonds is 18.